The number of hydrogen-bond acceptors (Lipinski definition) is 3. The second-order valence-corrected chi connectivity index (χ2v) is 13.0. The Balaban J connectivity index is 1.57. The molecule has 3 aromatic heterocycles. The zero-order valence-electron chi connectivity index (χ0n) is 22.3. The number of para-hydroxylation sites is 1. The number of hydrogen-bond donors (Lipinski definition) is 0. The Morgan fingerprint density at radius 3 is 2.00 bits per heavy atom. The highest BCUT2D eigenvalue weighted by Gasteiger charge is 2.52. The smallest absolute Gasteiger partial charge is 0.399 e. The molecule has 39 heavy (non-hydrogen) atoms. The Morgan fingerprint density at radius 1 is 0.590 bits per heavy atom. The first-order chi connectivity index (χ1) is 18.8. The molecule has 1 aliphatic rings. The zero-order chi connectivity index (χ0) is 26.3. The Kier molecular flexibility index (Phi) is 4.05. The van der Waals surface area contributed by atoms with Crippen LogP contribution in [-0.2, 0) is 9.31 Å². The molecule has 1 aliphatic heterocycles. The lowest BCUT2D eigenvalue weighted by Crippen LogP contribution is -2.41. The monoisotopic (exact) mass is 523 g/mol. The number of nitrogens with zero attached hydrogens (tertiary/aromatic N) is 1. The van der Waals surface area contributed by atoms with E-state index in [1.807, 2.05) is 11.3 Å². The summed E-state index contributed by atoms with van der Waals surface area (Å²) in [6, 6.07) is 31.4. The summed E-state index contributed by atoms with van der Waals surface area (Å²) in [7, 11) is -0.427. The van der Waals surface area contributed by atoms with Gasteiger partial charge in [-0.05, 0) is 79.6 Å². The summed E-state index contributed by atoms with van der Waals surface area (Å²) in [6.45, 7) is 8.49. The van der Waals surface area contributed by atoms with Crippen molar-refractivity contribution in [3.8, 4) is 0 Å². The number of rotatable bonds is 1. The maximum Gasteiger partial charge on any atom is 0.495 e. The molecule has 0 bridgehead atoms. The van der Waals surface area contributed by atoms with Crippen molar-refractivity contribution in [2.24, 2.45) is 0 Å². The van der Waals surface area contributed by atoms with Crippen LogP contribution in [0.25, 0.3) is 69.0 Å². The molecule has 1 fully saturated rings. The Bertz CT molecular complexity index is 2290. The lowest BCUT2D eigenvalue weighted by molar-refractivity contribution is 0.00578. The molecule has 3 nitrogen and oxygen atoms in total. The minimum atomic E-state index is -0.427. The molecule has 0 spiro atoms. The molecule has 188 valence electrons. The van der Waals surface area contributed by atoms with Crippen molar-refractivity contribution in [1.82, 2.24) is 4.40 Å². The van der Waals surface area contributed by atoms with Crippen LogP contribution in [0, 0.1) is 0 Å². The highest BCUT2D eigenvalue weighted by Crippen LogP contribution is 2.47. The van der Waals surface area contributed by atoms with Crippen molar-refractivity contribution >= 4 is 93.0 Å². The SMILES string of the molecule is CC1(C)OB(c2cccc3c2cc2c4cccc5sc6cccc(c6c54)n4c5ccccc5c3c24)OC1(C)C. The van der Waals surface area contributed by atoms with E-state index in [-0.39, 0.29) is 0 Å². The number of benzene rings is 5. The van der Waals surface area contributed by atoms with E-state index in [4.69, 9.17) is 9.31 Å². The molecule has 5 aromatic carbocycles. The van der Waals surface area contributed by atoms with Gasteiger partial charge in [0.2, 0.25) is 0 Å². The van der Waals surface area contributed by atoms with E-state index in [1.54, 1.807) is 0 Å². The van der Waals surface area contributed by atoms with Crippen LogP contribution >= 0.6 is 11.3 Å². The summed E-state index contributed by atoms with van der Waals surface area (Å²) < 4.78 is 18.4. The van der Waals surface area contributed by atoms with Crippen molar-refractivity contribution in [3.05, 3.63) is 84.9 Å². The summed E-state index contributed by atoms with van der Waals surface area (Å²) >= 11 is 1.88. The molecular weight excluding hydrogens is 497 g/mol. The van der Waals surface area contributed by atoms with Crippen molar-refractivity contribution in [1.29, 1.82) is 0 Å². The molecule has 0 unspecified atom stereocenters. The van der Waals surface area contributed by atoms with Crippen LogP contribution in [0.15, 0.2) is 84.9 Å². The third-order valence-corrected chi connectivity index (χ3v) is 10.5. The van der Waals surface area contributed by atoms with E-state index in [1.165, 1.54) is 69.0 Å². The van der Waals surface area contributed by atoms with E-state index < -0.39 is 18.3 Å². The van der Waals surface area contributed by atoms with Gasteiger partial charge in [-0.1, -0.05) is 54.6 Å². The predicted molar refractivity (Wildman–Crippen MR) is 167 cm³/mol. The van der Waals surface area contributed by atoms with E-state index in [9.17, 15) is 0 Å². The maximum absolute atomic E-state index is 6.59. The van der Waals surface area contributed by atoms with Gasteiger partial charge in [-0.2, -0.15) is 0 Å². The highest BCUT2D eigenvalue weighted by atomic mass is 32.1. The second kappa shape index (κ2) is 7.11. The van der Waals surface area contributed by atoms with Crippen LogP contribution < -0.4 is 5.46 Å². The topological polar surface area (TPSA) is 22.9 Å². The van der Waals surface area contributed by atoms with Gasteiger partial charge in [0.15, 0.2) is 0 Å². The fraction of sp³-hybridized carbons (Fsp3) is 0.176. The average molecular weight is 523 g/mol. The van der Waals surface area contributed by atoms with Gasteiger partial charge in [-0.25, -0.2) is 0 Å². The van der Waals surface area contributed by atoms with Gasteiger partial charge in [-0.3, -0.25) is 0 Å². The van der Waals surface area contributed by atoms with Gasteiger partial charge in [0, 0.05) is 36.3 Å². The zero-order valence-corrected chi connectivity index (χ0v) is 23.1. The summed E-state index contributed by atoms with van der Waals surface area (Å²) in [6.07, 6.45) is 0. The highest BCUT2D eigenvalue weighted by molar-refractivity contribution is 7.26. The largest absolute Gasteiger partial charge is 0.495 e. The van der Waals surface area contributed by atoms with Gasteiger partial charge in [0.25, 0.3) is 0 Å². The molecule has 8 aromatic rings. The molecular formula is C34H26BNO2S. The van der Waals surface area contributed by atoms with Crippen molar-refractivity contribution in [3.63, 3.8) is 0 Å². The Hall–Kier alpha value is -3.64. The Morgan fingerprint density at radius 2 is 1.21 bits per heavy atom. The van der Waals surface area contributed by atoms with Crippen molar-refractivity contribution < 1.29 is 9.31 Å². The molecule has 0 aliphatic carbocycles. The van der Waals surface area contributed by atoms with E-state index in [2.05, 4.69) is 117 Å². The van der Waals surface area contributed by atoms with Crippen LogP contribution in [-0.4, -0.2) is 22.7 Å². The maximum atomic E-state index is 6.59. The van der Waals surface area contributed by atoms with Crippen molar-refractivity contribution in [2.45, 2.75) is 38.9 Å². The normalized spacial score (nSPS) is 17.4. The van der Waals surface area contributed by atoms with Crippen LogP contribution in [0.2, 0.25) is 0 Å². The number of fused-ring (bicyclic) bond motifs is 7. The quantitative estimate of drug-likeness (QED) is 0.201. The van der Waals surface area contributed by atoms with Gasteiger partial charge >= 0.3 is 7.12 Å². The minimum absolute atomic E-state index is 0.402. The third kappa shape index (κ3) is 2.66. The number of aromatic nitrogens is 1. The van der Waals surface area contributed by atoms with Gasteiger partial charge in [0.1, 0.15) is 0 Å². The molecule has 4 heterocycles. The summed E-state index contributed by atoms with van der Waals surface area (Å²) in [5, 5.41) is 10.3. The van der Waals surface area contributed by atoms with Gasteiger partial charge in [0.05, 0.1) is 27.8 Å². The fourth-order valence-corrected chi connectivity index (χ4v) is 7.99. The molecule has 9 rings (SSSR count). The fourth-order valence-electron chi connectivity index (χ4n) is 6.83. The Labute approximate surface area is 230 Å². The lowest BCUT2D eigenvalue weighted by atomic mass is 9.75. The van der Waals surface area contributed by atoms with Crippen LogP contribution in [0.5, 0.6) is 0 Å². The van der Waals surface area contributed by atoms with E-state index >= 15 is 0 Å². The first kappa shape index (κ1) is 22.2. The molecule has 0 amide bonds. The first-order valence-electron chi connectivity index (χ1n) is 13.6. The third-order valence-electron chi connectivity index (χ3n) is 9.37. The predicted octanol–water partition coefficient (Wildman–Crippen LogP) is 8.66. The molecule has 1 saturated heterocycles. The van der Waals surface area contributed by atoms with Crippen LogP contribution in [0.1, 0.15) is 27.7 Å². The summed E-state index contributed by atoms with van der Waals surface area (Å²) in [5.41, 5.74) is 4.06. The molecule has 0 N–H and O–H groups in total. The molecule has 0 radical (unpaired) electrons. The second-order valence-electron chi connectivity index (χ2n) is 12.0. The summed E-state index contributed by atoms with van der Waals surface area (Å²) in [5.74, 6) is 0. The first-order valence-corrected chi connectivity index (χ1v) is 14.5. The summed E-state index contributed by atoms with van der Waals surface area (Å²) in [4.78, 5) is 0. The standard InChI is InChI=1S/C34H26BNO2S/c1-33(2)34(3,4)38-35(37-33)24-13-7-11-19-22(24)18-23-20-12-8-16-27-30(20)31-26(15-9-17-28(31)39-27)36-25-14-6-5-10-21(25)29(19)32(23)36/h5-18H,1-4H3. The number of thiophene rings is 1. The van der Waals surface area contributed by atoms with Crippen molar-refractivity contribution in [2.75, 3.05) is 0 Å². The van der Waals surface area contributed by atoms with Crippen LogP contribution in [0.3, 0.4) is 0 Å². The molecule has 0 atom stereocenters. The minimum Gasteiger partial charge on any atom is -0.399 e. The molecule has 0 saturated carbocycles. The average Bonchev–Trinajstić information content (AvgIpc) is 3.51. The van der Waals surface area contributed by atoms with E-state index in [0.717, 1.165) is 5.46 Å². The lowest BCUT2D eigenvalue weighted by Gasteiger charge is -2.32. The van der Waals surface area contributed by atoms with E-state index in [0.29, 0.717) is 0 Å². The van der Waals surface area contributed by atoms with Gasteiger partial charge < -0.3 is 13.7 Å². The van der Waals surface area contributed by atoms with Gasteiger partial charge in [-0.15, -0.1) is 11.3 Å². The molecule has 5 heteroatoms. The van der Waals surface area contributed by atoms with Crippen LogP contribution in [0.4, 0.5) is 0 Å².